The number of amides is 1. The van der Waals surface area contributed by atoms with E-state index >= 15 is 0 Å². The van der Waals surface area contributed by atoms with Gasteiger partial charge in [0.2, 0.25) is 5.91 Å². The zero-order valence-corrected chi connectivity index (χ0v) is 63.7. The lowest BCUT2D eigenvalue weighted by molar-refractivity contribution is -0.143. The third-order valence-electron chi connectivity index (χ3n) is 20.1. The Kier molecular flexibility index (Phi) is 81.3. The van der Waals surface area contributed by atoms with Gasteiger partial charge in [-0.1, -0.05) is 422 Å². The third kappa shape index (κ3) is 78.8. The van der Waals surface area contributed by atoms with Gasteiger partial charge in [-0.15, -0.1) is 0 Å². The van der Waals surface area contributed by atoms with Crippen LogP contribution >= 0.6 is 0 Å². The summed E-state index contributed by atoms with van der Waals surface area (Å²) in [6, 6.07) is -0.628. The number of hydrogen-bond donors (Lipinski definition) is 3. The molecule has 554 valence electrons. The van der Waals surface area contributed by atoms with Gasteiger partial charge in [0.15, 0.2) is 0 Å². The van der Waals surface area contributed by atoms with Crippen LogP contribution in [0.2, 0.25) is 0 Å². The Morgan fingerprint density at radius 3 is 0.819 bits per heavy atom. The monoisotopic (exact) mass is 1320 g/mol. The molecule has 0 aromatic rings. The van der Waals surface area contributed by atoms with Crippen LogP contribution in [-0.4, -0.2) is 47.4 Å². The fourth-order valence-electron chi connectivity index (χ4n) is 13.5. The lowest BCUT2D eigenvalue weighted by atomic mass is 10.0. The summed E-state index contributed by atoms with van der Waals surface area (Å²) in [6.45, 7) is 4.95. The summed E-state index contributed by atoms with van der Waals surface area (Å²) >= 11 is 0. The molecule has 2 atom stereocenters. The fraction of sp³-hybridized carbons (Fsp3) is 0.886. The average molecular weight is 1320 g/mol. The number of rotatable bonds is 81. The van der Waals surface area contributed by atoms with Crippen molar-refractivity contribution in [2.24, 2.45) is 0 Å². The number of hydrogen-bond acceptors (Lipinski definition) is 5. The predicted molar refractivity (Wildman–Crippen MR) is 416 cm³/mol. The Balaban J connectivity index is 3.39. The van der Waals surface area contributed by atoms with Crippen LogP contribution < -0.4 is 5.32 Å². The van der Waals surface area contributed by atoms with Crippen LogP contribution in [-0.2, 0) is 14.3 Å². The maximum absolute atomic E-state index is 12.6. The number of aliphatic hydroxyl groups excluding tert-OH is 2. The number of unbranched alkanes of at least 4 members (excludes halogenated alkanes) is 64. The molecular formula is C88H167NO5. The lowest BCUT2D eigenvalue weighted by Crippen LogP contribution is -2.45. The van der Waals surface area contributed by atoms with Gasteiger partial charge in [-0.05, 0) is 89.9 Å². The van der Waals surface area contributed by atoms with Crippen molar-refractivity contribution < 1.29 is 24.5 Å². The molecule has 0 aromatic heterocycles. The van der Waals surface area contributed by atoms with Crippen molar-refractivity contribution in [2.75, 3.05) is 13.2 Å². The summed E-state index contributed by atoms with van der Waals surface area (Å²) in [5, 5.41) is 23.3. The van der Waals surface area contributed by atoms with Crippen molar-refractivity contribution in [2.45, 2.75) is 488 Å². The summed E-state index contributed by atoms with van der Waals surface area (Å²) in [7, 11) is 0. The Hall–Kier alpha value is -2.18. The lowest BCUT2D eigenvalue weighted by Gasteiger charge is -2.20. The molecule has 6 nitrogen and oxygen atoms in total. The largest absolute Gasteiger partial charge is 0.466 e. The number of allylic oxidation sites excluding steroid dienone is 7. The topological polar surface area (TPSA) is 95.9 Å². The minimum Gasteiger partial charge on any atom is -0.466 e. The molecule has 0 aliphatic rings. The first-order valence-electron chi connectivity index (χ1n) is 42.9. The molecule has 6 heteroatoms. The van der Waals surface area contributed by atoms with Gasteiger partial charge in [0.25, 0.3) is 0 Å². The van der Waals surface area contributed by atoms with Gasteiger partial charge in [-0.3, -0.25) is 9.59 Å². The van der Waals surface area contributed by atoms with E-state index in [1.54, 1.807) is 6.08 Å². The molecule has 0 aromatic carbocycles. The Labute approximate surface area is 588 Å². The van der Waals surface area contributed by atoms with E-state index in [0.29, 0.717) is 19.4 Å². The van der Waals surface area contributed by atoms with Gasteiger partial charge in [-0.2, -0.15) is 0 Å². The number of esters is 1. The second-order valence-electron chi connectivity index (χ2n) is 29.5. The molecule has 1 amide bonds. The molecule has 2 unspecified atom stereocenters. The van der Waals surface area contributed by atoms with E-state index in [-0.39, 0.29) is 18.5 Å². The molecule has 0 radical (unpaired) electrons. The number of ether oxygens (including phenoxy) is 1. The molecule has 0 fully saturated rings. The Morgan fingerprint density at radius 1 is 0.298 bits per heavy atom. The van der Waals surface area contributed by atoms with Crippen LogP contribution in [0.3, 0.4) is 0 Å². The molecule has 0 aliphatic heterocycles. The minimum absolute atomic E-state index is 0.0113. The highest BCUT2D eigenvalue weighted by atomic mass is 16.5. The summed E-state index contributed by atoms with van der Waals surface area (Å²) in [5.41, 5.74) is 0. The van der Waals surface area contributed by atoms with Crippen molar-refractivity contribution in [3.63, 3.8) is 0 Å². The van der Waals surface area contributed by atoms with Gasteiger partial charge in [0, 0.05) is 12.8 Å². The Morgan fingerprint density at radius 2 is 0.532 bits per heavy atom. The van der Waals surface area contributed by atoms with Crippen molar-refractivity contribution in [1.29, 1.82) is 0 Å². The van der Waals surface area contributed by atoms with E-state index in [1.165, 1.54) is 398 Å². The smallest absolute Gasteiger partial charge is 0.305 e. The first kappa shape index (κ1) is 91.8. The maximum Gasteiger partial charge on any atom is 0.305 e. The van der Waals surface area contributed by atoms with E-state index < -0.39 is 12.1 Å². The first-order chi connectivity index (χ1) is 46.5. The molecule has 0 spiro atoms. The van der Waals surface area contributed by atoms with Crippen molar-refractivity contribution in [3.8, 4) is 0 Å². The Bertz CT molecular complexity index is 1570. The number of aliphatic hydroxyl groups is 2. The number of nitrogens with one attached hydrogen (secondary N) is 1. The van der Waals surface area contributed by atoms with E-state index in [4.69, 9.17) is 4.74 Å². The molecular weight excluding hydrogens is 1150 g/mol. The van der Waals surface area contributed by atoms with E-state index in [9.17, 15) is 19.8 Å². The van der Waals surface area contributed by atoms with Gasteiger partial charge in [0.1, 0.15) is 0 Å². The third-order valence-corrected chi connectivity index (χ3v) is 20.1. The molecule has 0 rings (SSSR count). The van der Waals surface area contributed by atoms with Crippen LogP contribution in [0.4, 0.5) is 0 Å². The van der Waals surface area contributed by atoms with Gasteiger partial charge < -0.3 is 20.3 Å². The summed E-state index contributed by atoms with van der Waals surface area (Å²) in [5.74, 6) is -0.0488. The van der Waals surface area contributed by atoms with Crippen LogP contribution in [0.5, 0.6) is 0 Å². The highest BCUT2D eigenvalue weighted by Crippen LogP contribution is 2.20. The minimum atomic E-state index is -0.845. The van der Waals surface area contributed by atoms with Crippen LogP contribution in [0.15, 0.2) is 48.6 Å². The highest BCUT2D eigenvalue weighted by molar-refractivity contribution is 5.76. The molecule has 3 N–H and O–H groups in total. The first-order valence-corrected chi connectivity index (χ1v) is 42.9. The van der Waals surface area contributed by atoms with Crippen molar-refractivity contribution >= 4 is 11.9 Å². The average Bonchev–Trinajstić information content (AvgIpc) is 3.59. The van der Waals surface area contributed by atoms with Gasteiger partial charge in [0.05, 0.1) is 25.4 Å². The number of carbonyl (C=O) groups excluding carboxylic acids is 2. The van der Waals surface area contributed by atoms with Crippen molar-refractivity contribution in [3.05, 3.63) is 48.6 Å². The zero-order chi connectivity index (χ0) is 67.7. The molecule has 0 saturated carbocycles. The van der Waals surface area contributed by atoms with Crippen molar-refractivity contribution in [1.82, 2.24) is 5.32 Å². The summed E-state index contributed by atoms with van der Waals surface area (Å²) < 4.78 is 5.50. The van der Waals surface area contributed by atoms with Crippen LogP contribution in [0.25, 0.3) is 0 Å². The zero-order valence-electron chi connectivity index (χ0n) is 63.7. The molecule has 0 saturated heterocycles. The standard InChI is InChI=1S/C88H167NO5/c1-3-5-7-9-11-13-15-17-19-20-21-22-23-37-40-43-46-49-53-56-60-64-68-72-76-80-86(91)85(84-90)89-87(92)81-77-73-69-65-61-57-54-50-47-44-41-38-35-33-31-29-27-25-24-26-28-30-32-34-36-39-42-45-48-51-55-59-63-67-71-75-79-83-94-88(93)82-78-74-70-66-62-58-52-18-16-14-12-10-8-6-4-2/h18,24,26,30,32,52,76,80,85-86,90-91H,3-17,19-23,25,27-29,31,33-51,53-75,77-79,81-84H2,1-2H3,(H,89,92)/b26-24-,32-30-,52-18-,80-76+. The van der Waals surface area contributed by atoms with Gasteiger partial charge in [-0.25, -0.2) is 0 Å². The van der Waals surface area contributed by atoms with E-state index in [0.717, 1.165) is 51.4 Å². The fourth-order valence-corrected chi connectivity index (χ4v) is 13.5. The van der Waals surface area contributed by atoms with E-state index in [2.05, 4.69) is 55.6 Å². The summed E-state index contributed by atoms with van der Waals surface area (Å²) in [4.78, 5) is 24.7. The maximum atomic E-state index is 12.6. The number of carbonyl (C=O) groups is 2. The summed E-state index contributed by atoms with van der Waals surface area (Å²) in [6.07, 6.45) is 111. The normalized spacial score (nSPS) is 12.7. The van der Waals surface area contributed by atoms with Crippen LogP contribution in [0, 0.1) is 0 Å². The second-order valence-corrected chi connectivity index (χ2v) is 29.5. The highest BCUT2D eigenvalue weighted by Gasteiger charge is 2.18. The van der Waals surface area contributed by atoms with E-state index in [1.807, 2.05) is 6.08 Å². The second kappa shape index (κ2) is 83.2. The molecule has 0 aliphatic carbocycles. The SMILES string of the molecule is CCCCCCCC/C=C\CCCCCCCC(=O)OCCCCCCCCCCCCCCC/C=C\C/C=C\CCCCCCCCCCCCCCCCCCCC(=O)NC(CO)C(O)/C=C/CCCCCCCCCCCCCCCCCCCCCCCCC. The molecule has 0 bridgehead atoms. The quantitative estimate of drug-likeness (QED) is 0.0320. The molecule has 94 heavy (non-hydrogen) atoms. The van der Waals surface area contributed by atoms with Crippen LogP contribution in [0.1, 0.15) is 476 Å². The predicted octanol–water partition coefficient (Wildman–Crippen LogP) is 28.7. The molecule has 0 heterocycles. The van der Waals surface area contributed by atoms with Gasteiger partial charge >= 0.3 is 5.97 Å².